The van der Waals surface area contributed by atoms with Crippen molar-refractivity contribution in [1.82, 2.24) is 5.32 Å². The predicted octanol–water partition coefficient (Wildman–Crippen LogP) is 2.33. The molecular weight excluding hydrogens is 254 g/mol. The Morgan fingerprint density at radius 2 is 2.17 bits per heavy atom. The molecule has 0 aliphatic heterocycles. The number of benzene rings is 1. The van der Waals surface area contributed by atoms with Crippen molar-refractivity contribution in [3.05, 3.63) is 28.8 Å². The fourth-order valence-corrected chi connectivity index (χ4v) is 1.83. The van der Waals surface area contributed by atoms with Crippen LogP contribution in [0, 0.1) is 5.92 Å². The molecule has 0 fully saturated rings. The van der Waals surface area contributed by atoms with Gasteiger partial charge in [-0.25, -0.2) is 0 Å². The van der Waals surface area contributed by atoms with Gasteiger partial charge in [-0.05, 0) is 24.1 Å². The van der Waals surface area contributed by atoms with Gasteiger partial charge in [0.25, 0.3) is 0 Å². The molecule has 4 nitrogen and oxygen atoms in total. The second kappa shape index (κ2) is 6.61. The summed E-state index contributed by atoms with van der Waals surface area (Å²) in [6.45, 7) is 4.20. The molecule has 0 amide bonds. The number of phenolic OH excluding ortho intramolecular Hbond substituents is 1. The molecule has 0 heterocycles. The maximum absolute atomic E-state index is 11.6. The van der Waals surface area contributed by atoms with Crippen molar-refractivity contribution in [2.45, 2.75) is 26.4 Å². The quantitative estimate of drug-likeness (QED) is 0.807. The SMILES string of the molecule is COC(=O)[C@H](NCc1cc(Cl)ccc1O)C(C)C. The van der Waals surface area contributed by atoms with Crippen LogP contribution in [0.5, 0.6) is 5.75 Å². The van der Waals surface area contributed by atoms with Crippen LogP contribution < -0.4 is 5.32 Å². The molecule has 0 saturated carbocycles. The van der Waals surface area contributed by atoms with Crippen molar-refractivity contribution in [2.75, 3.05) is 7.11 Å². The summed E-state index contributed by atoms with van der Waals surface area (Å²) in [5.74, 6) is -0.0652. The van der Waals surface area contributed by atoms with E-state index in [4.69, 9.17) is 16.3 Å². The van der Waals surface area contributed by atoms with Crippen LogP contribution in [0.3, 0.4) is 0 Å². The zero-order chi connectivity index (χ0) is 13.7. The van der Waals surface area contributed by atoms with E-state index in [1.54, 1.807) is 12.1 Å². The fourth-order valence-electron chi connectivity index (χ4n) is 1.63. The van der Waals surface area contributed by atoms with E-state index >= 15 is 0 Å². The first-order valence-corrected chi connectivity index (χ1v) is 6.12. The number of phenols is 1. The lowest BCUT2D eigenvalue weighted by molar-refractivity contribution is -0.144. The number of rotatable bonds is 5. The molecule has 1 atom stereocenters. The Bertz CT molecular complexity index is 421. The Kier molecular flexibility index (Phi) is 5.44. The van der Waals surface area contributed by atoms with Gasteiger partial charge in [-0.1, -0.05) is 25.4 Å². The Balaban J connectivity index is 2.73. The number of hydrogen-bond donors (Lipinski definition) is 2. The van der Waals surface area contributed by atoms with Gasteiger partial charge in [0.05, 0.1) is 7.11 Å². The molecule has 0 radical (unpaired) electrons. The first-order chi connectivity index (χ1) is 8.45. The van der Waals surface area contributed by atoms with Crippen molar-refractivity contribution in [1.29, 1.82) is 0 Å². The van der Waals surface area contributed by atoms with Crippen molar-refractivity contribution in [2.24, 2.45) is 5.92 Å². The summed E-state index contributed by atoms with van der Waals surface area (Å²) in [4.78, 5) is 11.6. The van der Waals surface area contributed by atoms with E-state index in [0.29, 0.717) is 17.1 Å². The van der Waals surface area contributed by atoms with Gasteiger partial charge < -0.3 is 9.84 Å². The summed E-state index contributed by atoms with van der Waals surface area (Å²) in [6, 6.07) is 4.40. The van der Waals surface area contributed by atoms with Gasteiger partial charge in [-0.2, -0.15) is 0 Å². The Hall–Kier alpha value is -1.26. The third kappa shape index (κ3) is 3.89. The highest BCUT2D eigenvalue weighted by molar-refractivity contribution is 6.30. The summed E-state index contributed by atoms with van der Waals surface area (Å²) >= 11 is 5.85. The van der Waals surface area contributed by atoms with E-state index in [9.17, 15) is 9.90 Å². The Morgan fingerprint density at radius 1 is 1.50 bits per heavy atom. The van der Waals surface area contributed by atoms with Crippen LogP contribution in [0.4, 0.5) is 0 Å². The van der Waals surface area contributed by atoms with Gasteiger partial charge in [0.15, 0.2) is 0 Å². The van der Waals surface area contributed by atoms with Crippen molar-refractivity contribution >= 4 is 17.6 Å². The third-order valence-corrected chi connectivity index (χ3v) is 2.91. The highest BCUT2D eigenvalue weighted by Gasteiger charge is 2.22. The van der Waals surface area contributed by atoms with Crippen molar-refractivity contribution < 1.29 is 14.6 Å². The number of hydrogen-bond acceptors (Lipinski definition) is 4. The largest absolute Gasteiger partial charge is 0.508 e. The first kappa shape index (κ1) is 14.8. The molecule has 100 valence electrons. The Labute approximate surface area is 112 Å². The average Bonchev–Trinajstić information content (AvgIpc) is 2.32. The highest BCUT2D eigenvalue weighted by Crippen LogP contribution is 2.21. The normalized spacial score (nSPS) is 12.5. The van der Waals surface area contributed by atoms with Crippen LogP contribution >= 0.6 is 11.6 Å². The molecule has 0 aliphatic carbocycles. The monoisotopic (exact) mass is 271 g/mol. The number of nitrogens with one attached hydrogen (secondary N) is 1. The van der Waals surface area contributed by atoms with Crippen molar-refractivity contribution in [3.8, 4) is 5.75 Å². The molecule has 1 aromatic rings. The second-order valence-corrected chi connectivity index (χ2v) is 4.84. The van der Waals surface area contributed by atoms with Crippen LogP contribution in [-0.2, 0) is 16.1 Å². The number of esters is 1. The number of halogens is 1. The molecule has 2 N–H and O–H groups in total. The van der Waals surface area contributed by atoms with E-state index in [1.807, 2.05) is 13.8 Å². The summed E-state index contributed by atoms with van der Waals surface area (Å²) < 4.78 is 4.73. The minimum atomic E-state index is -0.409. The number of carbonyl (C=O) groups is 1. The van der Waals surface area contributed by atoms with Crippen LogP contribution in [0.1, 0.15) is 19.4 Å². The van der Waals surface area contributed by atoms with Gasteiger partial charge in [0.1, 0.15) is 11.8 Å². The fraction of sp³-hybridized carbons (Fsp3) is 0.462. The average molecular weight is 272 g/mol. The zero-order valence-electron chi connectivity index (χ0n) is 10.7. The minimum absolute atomic E-state index is 0.0961. The molecule has 0 spiro atoms. The lowest BCUT2D eigenvalue weighted by Gasteiger charge is -2.20. The first-order valence-electron chi connectivity index (χ1n) is 5.74. The second-order valence-electron chi connectivity index (χ2n) is 4.40. The van der Waals surface area contributed by atoms with Crippen LogP contribution in [0.25, 0.3) is 0 Å². The lowest BCUT2D eigenvalue weighted by Crippen LogP contribution is -2.41. The summed E-state index contributed by atoms with van der Waals surface area (Å²) in [5, 5.41) is 13.3. The Morgan fingerprint density at radius 3 is 2.72 bits per heavy atom. The zero-order valence-corrected chi connectivity index (χ0v) is 11.5. The molecule has 0 bridgehead atoms. The van der Waals surface area contributed by atoms with Gasteiger partial charge in [0, 0.05) is 17.1 Å². The van der Waals surface area contributed by atoms with Gasteiger partial charge in [-0.3, -0.25) is 10.1 Å². The van der Waals surface area contributed by atoms with Gasteiger partial charge in [0.2, 0.25) is 0 Å². The van der Waals surface area contributed by atoms with E-state index < -0.39 is 6.04 Å². The summed E-state index contributed by atoms with van der Waals surface area (Å²) in [5.41, 5.74) is 0.650. The maximum Gasteiger partial charge on any atom is 0.323 e. The minimum Gasteiger partial charge on any atom is -0.508 e. The molecule has 0 unspecified atom stereocenters. The summed E-state index contributed by atoms with van der Waals surface area (Å²) in [7, 11) is 1.36. The van der Waals surface area contributed by atoms with Gasteiger partial charge in [-0.15, -0.1) is 0 Å². The molecule has 5 heteroatoms. The number of carbonyl (C=O) groups excluding carboxylic acids is 1. The molecule has 0 aromatic heterocycles. The standard InChI is InChI=1S/C13H18ClNO3/c1-8(2)12(13(17)18-3)15-7-9-6-10(14)4-5-11(9)16/h4-6,8,12,15-16H,7H2,1-3H3/t12-/m1/s1. The number of aromatic hydroxyl groups is 1. The number of methoxy groups -OCH3 is 1. The van der Waals surface area contributed by atoms with Crippen LogP contribution in [0.15, 0.2) is 18.2 Å². The highest BCUT2D eigenvalue weighted by atomic mass is 35.5. The maximum atomic E-state index is 11.6. The third-order valence-electron chi connectivity index (χ3n) is 2.68. The molecule has 1 rings (SSSR count). The van der Waals surface area contributed by atoms with E-state index in [0.717, 1.165) is 0 Å². The molecule has 0 aliphatic rings. The van der Waals surface area contributed by atoms with Crippen LogP contribution in [-0.4, -0.2) is 24.2 Å². The topological polar surface area (TPSA) is 58.6 Å². The van der Waals surface area contributed by atoms with Crippen molar-refractivity contribution in [3.63, 3.8) is 0 Å². The van der Waals surface area contributed by atoms with E-state index in [1.165, 1.54) is 13.2 Å². The smallest absolute Gasteiger partial charge is 0.323 e. The van der Waals surface area contributed by atoms with E-state index in [2.05, 4.69) is 5.32 Å². The summed E-state index contributed by atoms with van der Waals surface area (Å²) in [6.07, 6.45) is 0. The van der Waals surface area contributed by atoms with E-state index in [-0.39, 0.29) is 17.6 Å². The molecular formula is C13H18ClNO3. The predicted molar refractivity (Wildman–Crippen MR) is 70.6 cm³/mol. The van der Waals surface area contributed by atoms with Gasteiger partial charge >= 0.3 is 5.97 Å². The molecule has 18 heavy (non-hydrogen) atoms. The number of ether oxygens (including phenoxy) is 1. The molecule has 0 saturated heterocycles. The molecule has 1 aromatic carbocycles. The lowest BCUT2D eigenvalue weighted by atomic mass is 10.0. The van der Waals surface area contributed by atoms with Crippen LogP contribution in [0.2, 0.25) is 5.02 Å².